The van der Waals surface area contributed by atoms with Crippen LogP contribution >= 0.6 is 0 Å². The number of hydrogen-bond acceptors (Lipinski definition) is 1. The summed E-state index contributed by atoms with van der Waals surface area (Å²) >= 11 is 0. The highest BCUT2D eigenvalue weighted by atomic mass is 14.9. The van der Waals surface area contributed by atoms with Crippen LogP contribution in [0.5, 0.6) is 0 Å². The van der Waals surface area contributed by atoms with E-state index in [1.54, 1.807) is 6.08 Å². The molecule has 0 amide bonds. The van der Waals surface area contributed by atoms with Gasteiger partial charge in [0.25, 0.3) is 0 Å². The van der Waals surface area contributed by atoms with Gasteiger partial charge in [0.05, 0.1) is 6.07 Å². The molecule has 0 aliphatic heterocycles. The zero-order valence-electron chi connectivity index (χ0n) is 8.86. The Labute approximate surface area is 88.4 Å². The minimum absolute atomic E-state index is 1.01. The first-order valence-corrected chi connectivity index (χ1v) is 4.89. The third-order valence-corrected chi connectivity index (χ3v) is 2.68. The van der Waals surface area contributed by atoms with Crippen molar-refractivity contribution >= 4 is 23.1 Å². The number of para-hydroxylation sites is 1. The number of nitriles is 1. The second-order valence-electron chi connectivity index (χ2n) is 3.44. The molecule has 2 aromatic rings. The van der Waals surface area contributed by atoms with Gasteiger partial charge in [-0.2, -0.15) is 5.26 Å². The molecule has 1 heterocycles. The number of aromatic nitrogens is 1. The van der Waals surface area contributed by atoms with Crippen molar-refractivity contribution in [3.8, 4) is 6.07 Å². The van der Waals surface area contributed by atoms with E-state index in [0.717, 1.165) is 21.5 Å². The van der Waals surface area contributed by atoms with Crippen LogP contribution in [-0.4, -0.2) is 4.57 Å². The molecule has 15 heavy (non-hydrogen) atoms. The number of nitrogens with zero attached hydrogens (tertiary/aromatic N) is 2. The Kier molecular flexibility index (Phi) is 2.31. The topological polar surface area (TPSA) is 28.7 Å². The summed E-state index contributed by atoms with van der Waals surface area (Å²) in [6.45, 7) is 1.99. The first kappa shape index (κ1) is 9.54. The first-order chi connectivity index (χ1) is 7.29. The third-order valence-electron chi connectivity index (χ3n) is 2.68. The fourth-order valence-electron chi connectivity index (χ4n) is 2.01. The van der Waals surface area contributed by atoms with Crippen LogP contribution in [0.4, 0.5) is 0 Å². The van der Waals surface area contributed by atoms with Crippen LogP contribution in [0.15, 0.2) is 24.3 Å². The van der Waals surface area contributed by atoms with E-state index < -0.39 is 0 Å². The number of benzene rings is 1. The molecule has 0 aliphatic carbocycles. The van der Waals surface area contributed by atoms with E-state index in [1.165, 1.54) is 0 Å². The summed E-state index contributed by atoms with van der Waals surface area (Å²) in [5.74, 6) is 0. The zero-order valence-corrected chi connectivity index (χ0v) is 8.86. The molecule has 1 aromatic carbocycles. The smallest absolute Gasteiger partial charge is 0.0919 e. The summed E-state index contributed by atoms with van der Waals surface area (Å²) in [5, 5.41) is 12.0. The van der Waals surface area contributed by atoms with E-state index in [-0.39, 0.29) is 0 Å². The molecule has 0 unspecified atom stereocenters. The fourth-order valence-corrected chi connectivity index (χ4v) is 2.01. The molecular formula is C13H12N2. The summed E-state index contributed by atoms with van der Waals surface area (Å²) in [7, 11) is 2.02. The van der Waals surface area contributed by atoms with Crippen molar-refractivity contribution in [2.75, 3.05) is 0 Å². The highest BCUT2D eigenvalue weighted by Crippen LogP contribution is 2.06. The average molecular weight is 196 g/mol. The molecular weight excluding hydrogens is 184 g/mol. The second kappa shape index (κ2) is 3.62. The minimum atomic E-state index is 1.01. The van der Waals surface area contributed by atoms with Gasteiger partial charge in [-0.1, -0.05) is 24.3 Å². The molecule has 1 aromatic heterocycles. The van der Waals surface area contributed by atoms with Crippen LogP contribution in [0.1, 0.15) is 6.92 Å². The lowest BCUT2D eigenvalue weighted by Crippen LogP contribution is -2.27. The highest BCUT2D eigenvalue weighted by molar-refractivity contribution is 5.82. The van der Waals surface area contributed by atoms with Gasteiger partial charge in [0, 0.05) is 34.6 Å². The Bertz CT molecular complexity index is 654. The monoisotopic (exact) mass is 196 g/mol. The van der Waals surface area contributed by atoms with Crippen molar-refractivity contribution in [2.24, 2.45) is 7.05 Å². The van der Waals surface area contributed by atoms with Crippen LogP contribution < -0.4 is 10.6 Å². The highest BCUT2D eigenvalue weighted by Gasteiger charge is 2.01. The number of fused-ring (bicyclic) bond motifs is 1. The number of aryl methyl sites for hydroxylation is 1. The number of hydrogen-bond donors (Lipinski definition) is 0. The molecule has 0 bridgehead atoms. The second-order valence-corrected chi connectivity index (χ2v) is 3.44. The molecule has 74 valence electrons. The van der Waals surface area contributed by atoms with Crippen molar-refractivity contribution in [1.29, 1.82) is 5.26 Å². The van der Waals surface area contributed by atoms with Gasteiger partial charge in [-0.25, -0.2) is 0 Å². The van der Waals surface area contributed by atoms with E-state index in [4.69, 9.17) is 5.26 Å². The van der Waals surface area contributed by atoms with E-state index in [0.29, 0.717) is 0 Å². The molecule has 0 aliphatic rings. The molecule has 0 saturated carbocycles. The van der Waals surface area contributed by atoms with Gasteiger partial charge in [-0.05, 0) is 13.0 Å². The minimum Gasteiger partial charge on any atom is -0.344 e. The Hall–Kier alpha value is -2.01. The molecule has 2 rings (SSSR count). The predicted octanol–water partition coefficient (Wildman–Crippen LogP) is 1.28. The van der Waals surface area contributed by atoms with Crippen molar-refractivity contribution in [3.05, 3.63) is 34.8 Å². The molecule has 2 heteroatoms. The van der Waals surface area contributed by atoms with Crippen LogP contribution in [-0.2, 0) is 7.05 Å². The van der Waals surface area contributed by atoms with Crippen LogP contribution in [0.2, 0.25) is 0 Å². The predicted molar refractivity (Wildman–Crippen MR) is 62.4 cm³/mol. The molecule has 2 nitrogen and oxygen atoms in total. The lowest BCUT2D eigenvalue weighted by molar-refractivity contribution is 0.924. The van der Waals surface area contributed by atoms with Crippen LogP contribution in [0.25, 0.3) is 23.1 Å². The standard InChI is InChI=1S/C13H12N2/c1-3-12-11(8-9-14)10-6-4-5-7-13(10)15(12)2/h3-8H,1-2H3/b11-8+,12-3-. The summed E-state index contributed by atoms with van der Waals surface area (Å²) < 4.78 is 2.11. The lowest BCUT2D eigenvalue weighted by Gasteiger charge is -1.94. The average Bonchev–Trinajstić information content (AvgIpc) is 2.54. The van der Waals surface area contributed by atoms with Gasteiger partial charge in [0.1, 0.15) is 0 Å². The Morgan fingerprint density at radius 2 is 2.07 bits per heavy atom. The molecule has 0 fully saturated rings. The Morgan fingerprint density at radius 1 is 1.33 bits per heavy atom. The van der Waals surface area contributed by atoms with Gasteiger partial charge in [-0.3, -0.25) is 0 Å². The maximum absolute atomic E-state index is 8.78. The first-order valence-electron chi connectivity index (χ1n) is 4.89. The molecule has 0 spiro atoms. The molecule has 0 saturated heterocycles. The van der Waals surface area contributed by atoms with Crippen LogP contribution in [0, 0.1) is 11.3 Å². The summed E-state index contributed by atoms with van der Waals surface area (Å²) in [4.78, 5) is 0. The Morgan fingerprint density at radius 3 is 2.73 bits per heavy atom. The summed E-state index contributed by atoms with van der Waals surface area (Å²) in [6.07, 6.45) is 3.64. The van der Waals surface area contributed by atoms with Crippen molar-refractivity contribution in [1.82, 2.24) is 4.57 Å². The van der Waals surface area contributed by atoms with Crippen molar-refractivity contribution in [3.63, 3.8) is 0 Å². The fraction of sp³-hybridized carbons (Fsp3) is 0.154. The third kappa shape index (κ3) is 1.33. The largest absolute Gasteiger partial charge is 0.344 e. The SMILES string of the molecule is C/C=c1/c(=C/C#N)c2ccccc2n1C. The van der Waals surface area contributed by atoms with Gasteiger partial charge < -0.3 is 4.57 Å². The summed E-state index contributed by atoms with van der Waals surface area (Å²) in [5.41, 5.74) is 1.16. The van der Waals surface area contributed by atoms with Crippen molar-refractivity contribution < 1.29 is 0 Å². The normalized spacial score (nSPS) is 13.4. The van der Waals surface area contributed by atoms with E-state index in [9.17, 15) is 0 Å². The van der Waals surface area contributed by atoms with Crippen LogP contribution in [0.3, 0.4) is 0 Å². The zero-order chi connectivity index (χ0) is 10.8. The van der Waals surface area contributed by atoms with Crippen molar-refractivity contribution in [2.45, 2.75) is 6.92 Å². The quantitative estimate of drug-likeness (QED) is 0.624. The Balaban J connectivity index is 3.15. The maximum Gasteiger partial charge on any atom is 0.0919 e. The number of rotatable bonds is 0. The van der Waals surface area contributed by atoms with Gasteiger partial charge in [0.15, 0.2) is 0 Å². The van der Waals surface area contributed by atoms with Gasteiger partial charge >= 0.3 is 0 Å². The van der Waals surface area contributed by atoms with E-state index >= 15 is 0 Å². The lowest BCUT2D eigenvalue weighted by atomic mass is 10.2. The molecule has 0 N–H and O–H groups in total. The molecule has 0 atom stereocenters. The van der Waals surface area contributed by atoms with Gasteiger partial charge in [-0.15, -0.1) is 0 Å². The van der Waals surface area contributed by atoms with E-state index in [1.807, 2.05) is 38.2 Å². The van der Waals surface area contributed by atoms with E-state index in [2.05, 4.69) is 16.7 Å². The summed E-state index contributed by atoms with van der Waals surface area (Å²) in [6, 6.07) is 10.2. The van der Waals surface area contributed by atoms with Gasteiger partial charge in [0.2, 0.25) is 0 Å². The maximum atomic E-state index is 8.78. The molecule has 0 radical (unpaired) electrons.